The van der Waals surface area contributed by atoms with Crippen LogP contribution in [-0.2, 0) is 4.74 Å². The minimum atomic E-state index is -0.0481. The van der Waals surface area contributed by atoms with E-state index in [1.54, 1.807) is 0 Å². The Hall–Kier alpha value is -1.22. The molecule has 0 saturated heterocycles. The van der Waals surface area contributed by atoms with Gasteiger partial charge in [-0.05, 0) is 32.9 Å². The maximum atomic E-state index is 5.79. The molecule has 0 radical (unpaired) electrons. The smallest absolute Gasteiger partial charge is 0.0648 e. The molecule has 0 atom stereocenters. The van der Waals surface area contributed by atoms with E-state index in [1.165, 1.54) is 11.4 Å². The lowest BCUT2D eigenvalue weighted by atomic mass is 10.2. The van der Waals surface area contributed by atoms with Gasteiger partial charge in [-0.2, -0.15) is 0 Å². The normalized spacial score (nSPS) is 15.4. The molecule has 1 aromatic rings. The molecule has 94 valence electrons. The van der Waals surface area contributed by atoms with E-state index in [0.717, 1.165) is 26.2 Å². The van der Waals surface area contributed by atoms with Gasteiger partial charge in [0.2, 0.25) is 0 Å². The van der Waals surface area contributed by atoms with Crippen LogP contribution in [0.2, 0.25) is 0 Å². The summed E-state index contributed by atoms with van der Waals surface area (Å²) in [4.78, 5) is 2.39. The molecule has 0 aliphatic carbocycles. The van der Waals surface area contributed by atoms with Crippen molar-refractivity contribution in [2.24, 2.45) is 0 Å². The summed E-state index contributed by atoms with van der Waals surface area (Å²) < 4.78 is 5.79. The van der Waals surface area contributed by atoms with Crippen LogP contribution in [0.3, 0.4) is 0 Å². The molecule has 0 spiro atoms. The molecule has 1 heterocycles. The highest BCUT2D eigenvalue weighted by Gasteiger charge is 2.16. The van der Waals surface area contributed by atoms with Gasteiger partial charge >= 0.3 is 0 Å². The number of ether oxygens (including phenoxy) is 1. The van der Waals surface area contributed by atoms with Crippen molar-refractivity contribution in [2.75, 3.05) is 36.5 Å². The zero-order valence-corrected chi connectivity index (χ0v) is 11.0. The van der Waals surface area contributed by atoms with Crippen molar-refractivity contribution in [3.8, 4) is 0 Å². The van der Waals surface area contributed by atoms with E-state index >= 15 is 0 Å². The van der Waals surface area contributed by atoms with Gasteiger partial charge < -0.3 is 15.0 Å². The Bertz CT molecular complexity index is 371. The molecule has 3 heteroatoms. The van der Waals surface area contributed by atoms with Gasteiger partial charge in [0.05, 0.1) is 23.6 Å². The summed E-state index contributed by atoms with van der Waals surface area (Å²) in [5.74, 6) is 0. The van der Waals surface area contributed by atoms with Crippen LogP contribution in [0.25, 0.3) is 0 Å². The van der Waals surface area contributed by atoms with Crippen molar-refractivity contribution < 1.29 is 4.74 Å². The van der Waals surface area contributed by atoms with Crippen LogP contribution >= 0.6 is 0 Å². The fourth-order valence-electron chi connectivity index (χ4n) is 2.04. The van der Waals surface area contributed by atoms with E-state index in [4.69, 9.17) is 4.74 Å². The van der Waals surface area contributed by atoms with Gasteiger partial charge in [-0.25, -0.2) is 0 Å². The Labute approximate surface area is 104 Å². The molecule has 0 fully saturated rings. The fraction of sp³-hybridized carbons (Fsp3) is 0.571. The van der Waals surface area contributed by atoms with Gasteiger partial charge in [0.15, 0.2) is 0 Å². The fourth-order valence-corrected chi connectivity index (χ4v) is 2.04. The third kappa shape index (κ3) is 3.37. The highest BCUT2D eigenvalue weighted by Crippen LogP contribution is 2.27. The number of nitrogens with one attached hydrogen (secondary N) is 1. The summed E-state index contributed by atoms with van der Waals surface area (Å²) in [6.07, 6.45) is 0. The molecule has 0 unspecified atom stereocenters. The van der Waals surface area contributed by atoms with Crippen molar-refractivity contribution in [1.29, 1.82) is 0 Å². The first-order chi connectivity index (χ1) is 8.06. The van der Waals surface area contributed by atoms with Crippen LogP contribution in [0.1, 0.15) is 20.8 Å². The third-order valence-corrected chi connectivity index (χ3v) is 2.84. The summed E-state index contributed by atoms with van der Waals surface area (Å²) in [6.45, 7) is 10.1. The molecule has 0 saturated carbocycles. The third-order valence-electron chi connectivity index (χ3n) is 2.84. The molecule has 1 aliphatic heterocycles. The standard InChI is InChI=1S/C14H22N2O/c1-14(2,3)17-11-10-16-9-8-15-12-6-4-5-7-13(12)16/h4-7,15H,8-11H2,1-3H3. The number of benzene rings is 1. The number of hydrogen-bond acceptors (Lipinski definition) is 3. The van der Waals surface area contributed by atoms with Crippen LogP contribution in [-0.4, -0.2) is 31.8 Å². The second kappa shape index (κ2) is 4.96. The first-order valence-corrected chi connectivity index (χ1v) is 6.28. The SMILES string of the molecule is CC(C)(C)OCCN1CCNc2ccccc21. The lowest BCUT2D eigenvalue weighted by molar-refractivity contribution is 0.00138. The van der Waals surface area contributed by atoms with E-state index in [2.05, 4.69) is 55.3 Å². The molecule has 3 nitrogen and oxygen atoms in total. The van der Waals surface area contributed by atoms with E-state index in [9.17, 15) is 0 Å². The number of fused-ring (bicyclic) bond motifs is 1. The maximum Gasteiger partial charge on any atom is 0.0648 e. The van der Waals surface area contributed by atoms with E-state index in [1.807, 2.05) is 0 Å². The van der Waals surface area contributed by atoms with Crippen molar-refractivity contribution >= 4 is 11.4 Å². The summed E-state index contributed by atoms with van der Waals surface area (Å²) in [5, 5.41) is 3.42. The molecule has 17 heavy (non-hydrogen) atoms. The Morgan fingerprint density at radius 3 is 2.82 bits per heavy atom. The molecular weight excluding hydrogens is 212 g/mol. The minimum Gasteiger partial charge on any atom is -0.382 e. The number of hydrogen-bond donors (Lipinski definition) is 1. The monoisotopic (exact) mass is 234 g/mol. The van der Waals surface area contributed by atoms with Crippen LogP contribution in [0, 0.1) is 0 Å². The second-order valence-electron chi connectivity index (χ2n) is 5.39. The van der Waals surface area contributed by atoms with Gasteiger partial charge in [0, 0.05) is 19.6 Å². The Kier molecular flexibility index (Phi) is 3.57. The Balaban J connectivity index is 1.95. The van der Waals surface area contributed by atoms with Crippen molar-refractivity contribution in [1.82, 2.24) is 0 Å². The van der Waals surface area contributed by atoms with Crippen LogP contribution in [0.5, 0.6) is 0 Å². The molecular formula is C14H22N2O. The molecule has 0 amide bonds. The Morgan fingerprint density at radius 2 is 2.06 bits per heavy atom. The van der Waals surface area contributed by atoms with Crippen molar-refractivity contribution in [3.63, 3.8) is 0 Å². The van der Waals surface area contributed by atoms with Crippen LogP contribution in [0.4, 0.5) is 11.4 Å². The molecule has 2 rings (SSSR count). The first kappa shape index (κ1) is 12.2. The highest BCUT2D eigenvalue weighted by molar-refractivity contribution is 5.71. The maximum absolute atomic E-state index is 5.79. The first-order valence-electron chi connectivity index (χ1n) is 6.28. The van der Waals surface area contributed by atoms with Gasteiger partial charge in [0.1, 0.15) is 0 Å². The van der Waals surface area contributed by atoms with Gasteiger partial charge in [-0.3, -0.25) is 0 Å². The van der Waals surface area contributed by atoms with Crippen molar-refractivity contribution in [2.45, 2.75) is 26.4 Å². The predicted molar refractivity (Wildman–Crippen MR) is 72.8 cm³/mol. The molecule has 1 N–H and O–H groups in total. The van der Waals surface area contributed by atoms with E-state index in [-0.39, 0.29) is 5.60 Å². The summed E-state index contributed by atoms with van der Waals surface area (Å²) in [7, 11) is 0. The average Bonchev–Trinajstić information content (AvgIpc) is 2.28. The molecule has 1 aromatic carbocycles. The quantitative estimate of drug-likeness (QED) is 0.870. The molecule has 1 aliphatic rings. The lowest BCUT2D eigenvalue weighted by Crippen LogP contribution is -2.37. The zero-order chi connectivity index (χ0) is 12.3. The lowest BCUT2D eigenvalue weighted by Gasteiger charge is -2.32. The number of para-hydroxylation sites is 2. The van der Waals surface area contributed by atoms with Gasteiger partial charge in [0.25, 0.3) is 0 Å². The molecule has 0 aromatic heterocycles. The second-order valence-corrected chi connectivity index (χ2v) is 5.39. The van der Waals surface area contributed by atoms with E-state index in [0.29, 0.717) is 0 Å². The average molecular weight is 234 g/mol. The largest absolute Gasteiger partial charge is 0.382 e. The van der Waals surface area contributed by atoms with Crippen LogP contribution in [0.15, 0.2) is 24.3 Å². The number of anilines is 2. The summed E-state index contributed by atoms with van der Waals surface area (Å²) in [5.41, 5.74) is 2.47. The van der Waals surface area contributed by atoms with Crippen molar-refractivity contribution in [3.05, 3.63) is 24.3 Å². The summed E-state index contributed by atoms with van der Waals surface area (Å²) in [6, 6.07) is 8.45. The summed E-state index contributed by atoms with van der Waals surface area (Å²) >= 11 is 0. The molecule has 0 bridgehead atoms. The van der Waals surface area contributed by atoms with E-state index < -0.39 is 0 Å². The number of nitrogens with zero attached hydrogens (tertiary/aromatic N) is 1. The topological polar surface area (TPSA) is 24.5 Å². The zero-order valence-electron chi connectivity index (χ0n) is 11.0. The number of rotatable bonds is 3. The predicted octanol–water partition coefficient (Wildman–Crippen LogP) is 2.73. The minimum absolute atomic E-state index is 0.0481. The highest BCUT2D eigenvalue weighted by atomic mass is 16.5. The van der Waals surface area contributed by atoms with Crippen LogP contribution < -0.4 is 10.2 Å². The Morgan fingerprint density at radius 1 is 1.29 bits per heavy atom. The van der Waals surface area contributed by atoms with Gasteiger partial charge in [-0.1, -0.05) is 12.1 Å². The van der Waals surface area contributed by atoms with Gasteiger partial charge in [-0.15, -0.1) is 0 Å².